The van der Waals surface area contributed by atoms with E-state index in [0.29, 0.717) is 5.56 Å². The predicted octanol–water partition coefficient (Wildman–Crippen LogP) is 2.43. The van der Waals surface area contributed by atoms with Crippen LogP contribution in [0.1, 0.15) is 23.7 Å². The lowest BCUT2D eigenvalue weighted by molar-refractivity contribution is -0.145. The molecule has 0 bridgehead atoms. The van der Waals surface area contributed by atoms with Crippen molar-refractivity contribution < 1.29 is 14.3 Å². The number of ketones is 1. The van der Waals surface area contributed by atoms with Gasteiger partial charge in [-0.2, -0.15) is 0 Å². The topological polar surface area (TPSA) is 43.4 Å². The van der Waals surface area contributed by atoms with Crippen LogP contribution in [0.25, 0.3) is 0 Å². The Balaban J connectivity index is 2.58. The van der Waals surface area contributed by atoms with Gasteiger partial charge in [-0.05, 0) is 6.92 Å². The second-order valence-corrected chi connectivity index (χ2v) is 3.68. The van der Waals surface area contributed by atoms with Crippen molar-refractivity contribution in [3.05, 3.63) is 35.9 Å². The second kappa shape index (κ2) is 6.28. The summed E-state index contributed by atoms with van der Waals surface area (Å²) in [5.74, 6) is -0.458. The Bertz CT molecular complexity index is 362. The van der Waals surface area contributed by atoms with Gasteiger partial charge in [-0.3, -0.25) is 9.59 Å². The van der Waals surface area contributed by atoms with E-state index in [1.54, 1.807) is 31.2 Å². The minimum atomic E-state index is -0.766. The van der Waals surface area contributed by atoms with Gasteiger partial charge in [0.15, 0.2) is 6.10 Å². The number of hydrogen-bond donors (Lipinski definition) is 0. The zero-order chi connectivity index (χ0) is 12.0. The lowest BCUT2D eigenvalue weighted by Gasteiger charge is -2.11. The highest BCUT2D eigenvalue weighted by molar-refractivity contribution is 6.18. The number of hydrogen-bond acceptors (Lipinski definition) is 3. The summed E-state index contributed by atoms with van der Waals surface area (Å²) in [6, 6.07) is 8.73. The Labute approximate surface area is 99.4 Å². The first-order valence-electron chi connectivity index (χ1n) is 5.00. The van der Waals surface area contributed by atoms with E-state index in [2.05, 4.69) is 0 Å². The highest BCUT2D eigenvalue weighted by Gasteiger charge is 2.18. The monoisotopic (exact) mass is 240 g/mol. The quantitative estimate of drug-likeness (QED) is 0.451. The maximum absolute atomic E-state index is 11.8. The second-order valence-electron chi connectivity index (χ2n) is 3.30. The first-order valence-corrected chi connectivity index (χ1v) is 5.53. The molecule has 0 N–H and O–H groups in total. The maximum atomic E-state index is 11.8. The number of esters is 1. The van der Waals surface area contributed by atoms with E-state index >= 15 is 0 Å². The highest BCUT2D eigenvalue weighted by Crippen LogP contribution is 2.07. The van der Waals surface area contributed by atoms with Crippen molar-refractivity contribution >= 4 is 23.4 Å². The molecule has 0 aliphatic rings. The molecule has 0 spiro atoms. The van der Waals surface area contributed by atoms with Crippen LogP contribution in [0.15, 0.2) is 30.3 Å². The summed E-state index contributed by atoms with van der Waals surface area (Å²) in [5.41, 5.74) is 0.536. The number of carbonyl (C=O) groups is 2. The molecule has 0 fully saturated rings. The molecule has 0 amide bonds. The van der Waals surface area contributed by atoms with Gasteiger partial charge in [-0.1, -0.05) is 30.3 Å². The van der Waals surface area contributed by atoms with Gasteiger partial charge in [0.1, 0.15) is 0 Å². The lowest BCUT2D eigenvalue weighted by Crippen LogP contribution is -2.24. The molecule has 86 valence electrons. The molecule has 1 atom stereocenters. The fourth-order valence-corrected chi connectivity index (χ4v) is 1.38. The van der Waals surface area contributed by atoms with Gasteiger partial charge in [-0.15, -0.1) is 11.6 Å². The van der Waals surface area contributed by atoms with Crippen molar-refractivity contribution in [2.75, 3.05) is 5.88 Å². The first-order chi connectivity index (χ1) is 7.65. The molecule has 1 rings (SSSR count). The van der Waals surface area contributed by atoms with Crippen LogP contribution in [0.5, 0.6) is 0 Å². The van der Waals surface area contributed by atoms with Crippen LogP contribution >= 0.6 is 11.6 Å². The average Bonchev–Trinajstić information content (AvgIpc) is 2.29. The van der Waals surface area contributed by atoms with Gasteiger partial charge in [0, 0.05) is 11.4 Å². The molecule has 0 radical (unpaired) electrons. The standard InChI is InChI=1S/C12H13ClO3/c1-9(16-11(14)7-8-13)12(15)10-5-3-2-4-6-10/h2-6,9H,7-8H2,1H3. The molecule has 4 heteroatoms. The molecule has 0 saturated carbocycles. The number of Topliss-reactive ketones (excluding diaryl/α,β-unsaturated/α-hetero) is 1. The van der Waals surface area contributed by atoms with E-state index in [0.717, 1.165) is 0 Å². The van der Waals surface area contributed by atoms with E-state index in [1.807, 2.05) is 6.07 Å². The van der Waals surface area contributed by atoms with Crippen LogP contribution in [0.3, 0.4) is 0 Å². The van der Waals surface area contributed by atoms with Crippen LogP contribution in [-0.2, 0) is 9.53 Å². The SMILES string of the molecule is CC(OC(=O)CCCl)C(=O)c1ccccc1. The van der Waals surface area contributed by atoms with E-state index in [4.69, 9.17) is 16.3 Å². The zero-order valence-corrected chi connectivity index (χ0v) is 9.74. The largest absolute Gasteiger partial charge is 0.454 e. The molecule has 0 aliphatic carbocycles. The fourth-order valence-electron chi connectivity index (χ4n) is 1.22. The third-order valence-corrected chi connectivity index (χ3v) is 2.22. The summed E-state index contributed by atoms with van der Waals surface area (Å²) < 4.78 is 4.93. The van der Waals surface area contributed by atoms with Crippen molar-refractivity contribution in [3.8, 4) is 0 Å². The lowest BCUT2D eigenvalue weighted by atomic mass is 10.1. The Morgan fingerprint density at radius 2 is 1.94 bits per heavy atom. The molecule has 0 aromatic heterocycles. The summed E-state index contributed by atoms with van der Waals surface area (Å²) in [6.45, 7) is 1.56. The number of ether oxygens (including phenoxy) is 1. The number of rotatable bonds is 5. The van der Waals surface area contributed by atoms with Gasteiger partial charge >= 0.3 is 5.97 Å². The summed E-state index contributed by atoms with van der Waals surface area (Å²) in [5, 5.41) is 0. The van der Waals surface area contributed by atoms with Gasteiger partial charge in [0.2, 0.25) is 5.78 Å². The Hall–Kier alpha value is -1.35. The number of halogens is 1. The highest BCUT2D eigenvalue weighted by atomic mass is 35.5. The smallest absolute Gasteiger partial charge is 0.307 e. The van der Waals surface area contributed by atoms with Crippen molar-refractivity contribution in [2.45, 2.75) is 19.4 Å². The molecule has 1 aromatic rings. The molecular weight excluding hydrogens is 228 g/mol. The van der Waals surface area contributed by atoms with Crippen LogP contribution in [0.4, 0.5) is 0 Å². The molecular formula is C12H13ClO3. The fraction of sp³-hybridized carbons (Fsp3) is 0.333. The normalized spacial score (nSPS) is 11.9. The van der Waals surface area contributed by atoms with Crippen molar-refractivity contribution in [1.82, 2.24) is 0 Å². The van der Waals surface area contributed by atoms with E-state index < -0.39 is 12.1 Å². The first kappa shape index (κ1) is 12.7. The van der Waals surface area contributed by atoms with Gasteiger partial charge in [0.25, 0.3) is 0 Å². The molecule has 3 nitrogen and oxygen atoms in total. The number of carbonyl (C=O) groups excluding carboxylic acids is 2. The predicted molar refractivity (Wildman–Crippen MR) is 61.7 cm³/mol. The molecule has 0 heterocycles. The van der Waals surface area contributed by atoms with Crippen molar-refractivity contribution in [2.24, 2.45) is 0 Å². The van der Waals surface area contributed by atoms with E-state index in [-0.39, 0.29) is 18.1 Å². The molecule has 0 saturated heterocycles. The zero-order valence-electron chi connectivity index (χ0n) is 8.98. The van der Waals surface area contributed by atoms with E-state index in [9.17, 15) is 9.59 Å². The Morgan fingerprint density at radius 3 is 2.50 bits per heavy atom. The summed E-state index contributed by atoms with van der Waals surface area (Å²) >= 11 is 5.39. The molecule has 1 aromatic carbocycles. The number of alkyl halides is 1. The summed E-state index contributed by atoms with van der Waals surface area (Å²) in [6.07, 6.45) is -0.647. The van der Waals surface area contributed by atoms with Gasteiger partial charge in [0.05, 0.1) is 6.42 Å². The maximum Gasteiger partial charge on any atom is 0.307 e. The Morgan fingerprint density at radius 1 is 1.31 bits per heavy atom. The van der Waals surface area contributed by atoms with Gasteiger partial charge < -0.3 is 4.74 Å². The summed E-state index contributed by atoms with van der Waals surface area (Å²) in [7, 11) is 0. The Kier molecular flexibility index (Phi) is 4.99. The molecule has 0 aliphatic heterocycles. The molecule has 1 unspecified atom stereocenters. The van der Waals surface area contributed by atoms with E-state index in [1.165, 1.54) is 0 Å². The minimum absolute atomic E-state index is 0.119. The average molecular weight is 241 g/mol. The van der Waals surface area contributed by atoms with Gasteiger partial charge in [-0.25, -0.2) is 0 Å². The summed E-state index contributed by atoms with van der Waals surface area (Å²) in [4.78, 5) is 22.9. The van der Waals surface area contributed by atoms with Crippen LogP contribution in [0, 0.1) is 0 Å². The number of benzene rings is 1. The third-order valence-electron chi connectivity index (χ3n) is 2.03. The minimum Gasteiger partial charge on any atom is -0.454 e. The van der Waals surface area contributed by atoms with Crippen molar-refractivity contribution in [3.63, 3.8) is 0 Å². The molecule has 16 heavy (non-hydrogen) atoms. The third kappa shape index (κ3) is 3.66. The van der Waals surface area contributed by atoms with Crippen molar-refractivity contribution in [1.29, 1.82) is 0 Å². The van der Waals surface area contributed by atoms with Crippen LogP contribution in [-0.4, -0.2) is 23.7 Å². The van der Waals surface area contributed by atoms with Crippen LogP contribution < -0.4 is 0 Å². The van der Waals surface area contributed by atoms with Crippen LogP contribution in [0.2, 0.25) is 0 Å².